The Kier molecular flexibility index (Phi) is 3.87. The van der Waals surface area contributed by atoms with E-state index in [0.29, 0.717) is 17.0 Å². The minimum atomic E-state index is 0.296. The van der Waals surface area contributed by atoms with Gasteiger partial charge in [0.15, 0.2) is 0 Å². The average molecular weight is 291 g/mol. The summed E-state index contributed by atoms with van der Waals surface area (Å²) in [7, 11) is 0. The summed E-state index contributed by atoms with van der Waals surface area (Å²) in [5.74, 6) is 0.562. The monoisotopic (exact) mass is 289 g/mol. The van der Waals surface area contributed by atoms with Gasteiger partial charge in [-0.25, -0.2) is 4.98 Å². The van der Waals surface area contributed by atoms with Gasteiger partial charge < -0.3 is 4.74 Å². The molecule has 1 aromatic heterocycles. The molecule has 1 aliphatic carbocycles. The zero-order valence-corrected chi connectivity index (χ0v) is 10.7. The number of halogens is 2. The van der Waals surface area contributed by atoms with E-state index in [0.717, 1.165) is 17.3 Å². The van der Waals surface area contributed by atoms with Gasteiger partial charge in [-0.1, -0.05) is 18.0 Å². The van der Waals surface area contributed by atoms with Crippen molar-refractivity contribution >= 4 is 27.5 Å². The summed E-state index contributed by atoms with van der Waals surface area (Å²) in [4.78, 5) is 4.17. The Morgan fingerprint density at radius 2 is 2.07 bits per heavy atom. The SMILES string of the molecule is Clc1cc(Br)cnc1OC1CCCCC1. The van der Waals surface area contributed by atoms with Crippen LogP contribution in [0.2, 0.25) is 5.02 Å². The molecule has 0 atom stereocenters. The molecule has 0 spiro atoms. The van der Waals surface area contributed by atoms with Gasteiger partial charge >= 0.3 is 0 Å². The molecule has 0 amide bonds. The van der Waals surface area contributed by atoms with Crippen molar-refractivity contribution in [2.75, 3.05) is 0 Å². The number of hydrogen-bond acceptors (Lipinski definition) is 2. The number of rotatable bonds is 2. The van der Waals surface area contributed by atoms with Crippen LogP contribution in [0.1, 0.15) is 32.1 Å². The summed E-state index contributed by atoms with van der Waals surface area (Å²) in [6.07, 6.45) is 8.07. The van der Waals surface area contributed by atoms with Gasteiger partial charge in [0.1, 0.15) is 11.1 Å². The highest BCUT2D eigenvalue weighted by molar-refractivity contribution is 9.10. The van der Waals surface area contributed by atoms with Gasteiger partial charge in [0.25, 0.3) is 0 Å². The maximum Gasteiger partial charge on any atom is 0.232 e. The van der Waals surface area contributed by atoms with Gasteiger partial charge in [-0.05, 0) is 47.7 Å². The Morgan fingerprint density at radius 3 is 2.73 bits per heavy atom. The number of ether oxygens (including phenoxy) is 1. The van der Waals surface area contributed by atoms with Crippen LogP contribution in [0, 0.1) is 0 Å². The molecule has 0 radical (unpaired) electrons. The molecule has 1 aliphatic rings. The smallest absolute Gasteiger partial charge is 0.232 e. The summed E-state index contributed by atoms with van der Waals surface area (Å²) in [5.41, 5.74) is 0. The highest BCUT2D eigenvalue weighted by Crippen LogP contribution is 2.28. The van der Waals surface area contributed by atoms with Crippen molar-refractivity contribution in [3.63, 3.8) is 0 Å². The molecule has 0 saturated heterocycles. The molecule has 1 heterocycles. The van der Waals surface area contributed by atoms with Crippen molar-refractivity contribution in [2.45, 2.75) is 38.2 Å². The third kappa shape index (κ3) is 3.08. The minimum Gasteiger partial charge on any atom is -0.473 e. The van der Waals surface area contributed by atoms with Crippen molar-refractivity contribution in [1.82, 2.24) is 4.98 Å². The normalized spacial score (nSPS) is 17.7. The van der Waals surface area contributed by atoms with Gasteiger partial charge in [0, 0.05) is 10.7 Å². The zero-order valence-electron chi connectivity index (χ0n) is 8.38. The van der Waals surface area contributed by atoms with E-state index in [2.05, 4.69) is 20.9 Å². The number of aromatic nitrogens is 1. The maximum atomic E-state index is 6.03. The third-order valence-corrected chi connectivity index (χ3v) is 3.31. The molecule has 1 aromatic rings. The van der Waals surface area contributed by atoms with E-state index >= 15 is 0 Å². The number of nitrogens with zero attached hydrogens (tertiary/aromatic N) is 1. The molecule has 2 rings (SSSR count). The molecule has 0 aliphatic heterocycles. The van der Waals surface area contributed by atoms with Crippen LogP contribution < -0.4 is 4.74 Å². The Hall–Kier alpha value is -0.280. The van der Waals surface area contributed by atoms with Gasteiger partial charge in [0.2, 0.25) is 5.88 Å². The van der Waals surface area contributed by atoms with E-state index in [4.69, 9.17) is 16.3 Å². The van der Waals surface area contributed by atoms with Gasteiger partial charge in [0.05, 0.1) is 0 Å². The van der Waals surface area contributed by atoms with Crippen LogP contribution >= 0.6 is 27.5 Å². The lowest BCUT2D eigenvalue weighted by molar-refractivity contribution is 0.149. The zero-order chi connectivity index (χ0) is 10.7. The van der Waals surface area contributed by atoms with Crippen LogP contribution in [0.3, 0.4) is 0 Å². The highest BCUT2D eigenvalue weighted by atomic mass is 79.9. The average Bonchev–Trinajstić information content (AvgIpc) is 2.24. The van der Waals surface area contributed by atoms with Crippen molar-refractivity contribution in [3.05, 3.63) is 21.8 Å². The van der Waals surface area contributed by atoms with Crippen LogP contribution in [-0.2, 0) is 0 Å². The Balaban J connectivity index is 2.03. The maximum absolute atomic E-state index is 6.03. The fourth-order valence-corrected chi connectivity index (χ4v) is 2.50. The Labute approximate surface area is 103 Å². The molecule has 4 heteroatoms. The third-order valence-electron chi connectivity index (χ3n) is 2.60. The van der Waals surface area contributed by atoms with Crippen LogP contribution in [0.5, 0.6) is 5.88 Å². The molecule has 0 unspecified atom stereocenters. The second-order valence-corrected chi connectivity index (χ2v) is 5.14. The minimum absolute atomic E-state index is 0.296. The van der Waals surface area contributed by atoms with Crippen molar-refractivity contribution in [2.24, 2.45) is 0 Å². The summed E-state index contributed by atoms with van der Waals surface area (Å²) < 4.78 is 6.66. The van der Waals surface area contributed by atoms with Crippen molar-refractivity contribution in [1.29, 1.82) is 0 Å². The van der Waals surface area contributed by atoms with Gasteiger partial charge in [-0.3, -0.25) is 0 Å². The predicted molar refractivity (Wildman–Crippen MR) is 64.4 cm³/mol. The van der Waals surface area contributed by atoms with E-state index < -0.39 is 0 Å². The Bertz CT molecular complexity index is 339. The first kappa shape index (κ1) is 11.2. The molecule has 2 nitrogen and oxygen atoms in total. The summed E-state index contributed by atoms with van der Waals surface area (Å²) in [6, 6.07) is 1.81. The molecule has 0 N–H and O–H groups in total. The van der Waals surface area contributed by atoms with Gasteiger partial charge in [-0.2, -0.15) is 0 Å². The fraction of sp³-hybridized carbons (Fsp3) is 0.545. The van der Waals surface area contributed by atoms with E-state index in [1.165, 1.54) is 19.3 Å². The summed E-state index contributed by atoms with van der Waals surface area (Å²) in [6.45, 7) is 0. The van der Waals surface area contributed by atoms with Crippen LogP contribution in [0.15, 0.2) is 16.7 Å². The van der Waals surface area contributed by atoms with E-state index in [1.807, 2.05) is 6.07 Å². The molecule has 0 bridgehead atoms. The van der Waals surface area contributed by atoms with Crippen LogP contribution in [0.4, 0.5) is 0 Å². The van der Waals surface area contributed by atoms with Crippen LogP contribution in [0.25, 0.3) is 0 Å². The molecule has 1 saturated carbocycles. The fourth-order valence-electron chi connectivity index (χ4n) is 1.83. The lowest BCUT2D eigenvalue weighted by Gasteiger charge is -2.22. The quantitative estimate of drug-likeness (QED) is 0.814. The molecule has 82 valence electrons. The first-order valence-corrected chi connectivity index (χ1v) is 6.40. The summed E-state index contributed by atoms with van der Waals surface area (Å²) in [5, 5.41) is 0.579. The molecule has 1 fully saturated rings. The predicted octanol–water partition coefficient (Wildman–Crippen LogP) is 4.21. The lowest BCUT2D eigenvalue weighted by atomic mass is 9.98. The molecule has 0 aromatic carbocycles. The van der Waals surface area contributed by atoms with Crippen molar-refractivity contribution in [3.8, 4) is 5.88 Å². The number of pyridine rings is 1. The lowest BCUT2D eigenvalue weighted by Crippen LogP contribution is -2.20. The standard InChI is InChI=1S/C11H13BrClNO/c12-8-6-10(13)11(14-7-8)15-9-4-2-1-3-5-9/h6-7,9H,1-5H2. The summed E-state index contributed by atoms with van der Waals surface area (Å²) >= 11 is 9.35. The molecular formula is C11H13BrClNO. The van der Waals surface area contributed by atoms with Gasteiger partial charge in [-0.15, -0.1) is 0 Å². The van der Waals surface area contributed by atoms with E-state index in [-0.39, 0.29) is 0 Å². The first-order chi connectivity index (χ1) is 7.25. The number of hydrogen-bond donors (Lipinski definition) is 0. The molecular weight excluding hydrogens is 277 g/mol. The van der Waals surface area contributed by atoms with Crippen LogP contribution in [-0.4, -0.2) is 11.1 Å². The second-order valence-electron chi connectivity index (χ2n) is 3.82. The second kappa shape index (κ2) is 5.17. The highest BCUT2D eigenvalue weighted by Gasteiger charge is 2.16. The van der Waals surface area contributed by atoms with Crippen molar-refractivity contribution < 1.29 is 4.74 Å². The first-order valence-electron chi connectivity index (χ1n) is 5.23. The van der Waals surface area contributed by atoms with E-state index in [9.17, 15) is 0 Å². The van der Waals surface area contributed by atoms with E-state index in [1.54, 1.807) is 6.20 Å². The Morgan fingerprint density at radius 1 is 1.33 bits per heavy atom. The molecule has 15 heavy (non-hydrogen) atoms. The largest absolute Gasteiger partial charge is 0.473 e. The topological polar surface area (TPSA) is 22.1 Å².